The largest absolute Gasteiger partial charge is 0.353 e. The number of rotatable bonds is 3. The van der Waals surface area contributed by atoms with E-state index in [4.69, 9.17) is 0 Å². The lowest BCUT2D eigenvalue weighted by molar-refractivity contribution is -0.119. The fraction of sp³-hybridized carbons (Fsp3) is 0.438. The highest BCUT2D eigenvalue weighted by Gasteiger charge is 2.23. The smallest absolute Gasteiger partial charge is 0.321 e. The third-order valence-electron chi connectivity index (χ3n) is 3.73. The van der Waals surface area contributed by atoms with Gasteiger partial charge in [0.25, 0.3) is 0 Å². The molecule has 1 saturated heterocycles. The second-order valence-electron chi connectivity index (χ2n) is 5.53. The number of benzene rings is 1. The van der Waals surface area contributed by atoms with Gasteiger partial charge in [0, 0.05) is 37.3 Å². The van der Waals surface area contributed by atoms with Crippen LogP contribution in [-0.4, -0.2) is 41.8 Å². The predicted octanol–water partition coefficient (Wildman–Crippen LogP) is 2.02. The summed E-state index contributed by atoms with van der Waals surface area (Å²) >= 11 is 0. The minimum Gasteiger partial charge on any atom is -0.353 e. The highest BCUT2D eigenvalue weighted by atomic mass is 16.2. The van der Waals surface area contributed by atoms with Crippen LogP contribution in [0.4, 0.5) is 10.5 Å². The molecule has 1 heterocycles. The van der Waals surface area contributed by atoms with Gasteiger partial charge < -0.3 is 15.5 Å². The van der Waals surface area contributed by atoms with E-state index in [1.165, 1.54) is 13.8 Å². The van der Waals surface area contributed by atoms with Crippen LogP contribution < -0.4 is 10.6 Å². The van der Waals surface area contributed by atoms with E-state index in [0.717, 1.165) is 12.8 Å². The molecule has 6 nitrogen and oxygen atoms in total. The zero-order valence-electron chi connectivity index (χ0n) is 12.9. The average Bonchev–Trinajstić information content (AvgIpc) is 2.48. The topological polar surface area (TPSA) is 78.5 Å². The molecule has 1 aliphatic rings. The summed E-state index contributed by atoms with van der Waals surface area (Å²) in [6.07, 6.45) is 1.52. The van der Waals surface area contributed by atoms with Crippen molar-refractivity contribution < 1.29 is 14.4 Å². The number of carbonyl (C=O) groups is 3. The molecule has 0 aliphatic carbocycles. The van der Waals surface area contributed by atoms with Gasteiger partial charge in [0.05, 0.1) is 0 Å². The van der Waals surface area contributed by atoms with Gasteiger partial charge in [-0.2, -0.15) is 0 Å². The van der Waals surface area contributed by atoms with E-state index in [1.54, 1.807) is 29.2 Å². The number of likely N-dealkylation sites (tertiary alicyclic amines) is 1. The second-order valence-corrected chi connectivity index (χ2v) is 5.53. The zero-order valence-corrected chi connectivity index (χ0v) is 12.9. The molecule has 0 saturated carbocycles. The van der Waals surface area contributed by atoms with Crippen molar-refractivity contribution in [2.45, 2.75) is 32.7 Å². The van der Waals surface area contributed by atoms with Crippen LogP contribution in [0.2, 0.25) is 0 Å². The lowest BCUT2D eigenvalue weighted by atomic mass is 10.1. The van der Waals surface area contributed by atoms with Gasteiger partial charge in [-0.15, -0.1) is 0 Å². The van der Waals surface area contributed by atoms with Gasteiger partial charge in [-0.25, -0.2) is 4.79 Å². The van der Waals surface area contributed by atoms with Crippen molar-refractivity contribution >= 4 is 23.4 Å². The number of hydrogen-bond acceptors (Lipinski definition) is 3. The van der Waals surface area contributed by atoms with Crippen molar-refractivity contribution in [3.8, 4) is 0 Å². The lowest BCUT2D eigenvalue weighted by Crippen LogP contribution is -2.47. The van der Waals surface area contributed by atoms with Gasteiger partial charge in [-0.3, -0.25) is 9.59 Å². The second kappa shape index (κ2) is 7.06. The molecule has 1 aromatic rings. The molecule has 0 atom stereocenters. The summed E-state index contributed by atoms with van der Waals surface area (Å²) in [5.41, 5.74) is 1.29. The van der Waals surface area contributed by atoms with Gasteiger partial charge >= 0.3 is 6.03 Å². The van der Waals surface area contributed by atoms with Crippen molar-refractivity contribution in [3.63, 3.8) is 0 Å². The average molecular weight is 303 g/mol. The molecule has 1 aliphatic heterocycles. The first-order valence-electron chi connectivity index (χ1n) is 7.39. The van der Waals surface area contributed by atoms with Crippen molar-refractivity contribution in [1.29, 1.82) is 0 Å². The molecule has 6 heteroatoms. The molecule has 2 rings (SSSR count). The maximum Gasteiger partial charge on any atom is 0.321 e. The number of Topliss-reactive ketones (excluding diaryl/α,β-unsaturated/α-hetero) is 1. The van der Waals surface area contributed by atoms with Crippen LogP contribution in [0.15, 0.2) is 24.3 Å². The molecule has 0 bridgehead atoms. The number of ketones is 1. The monoisotopic (exact) mass is 303 g/mol. The summed E-state index contributed by atoms with van der Waals surface area (Å²) in [4.78, 5) is 36.1. The molecular weight excluding hydrogens is 282 g/mol. The van der Waals surface area contributed by atoms with E-state index in [1.807, 2.05) is 0 Å². The van der Waals surface area contributed by atoms with Crippen LogP contribution in [0.3, 0.4) is 0 Å². The first-order valence-corrected chi connectivity index (χ1v) is 7.39. The molecule has 22 heavy (non-hydrogen) atoms. The van der Waals surface area contributed by atoms with Crippen LogP contribution in [0.25, 0.3) is 0 Å². The quantitative estimate of drug-likeness (QED) is 0.839. The fourth-order valence-electron chi connectivity index (χ4n) is 2.51. The summed E-state index contributed by atoms with van der Waals surface area (Å²) in [6, 6.07) is 6.83. The third kappa shape index (κ3) is 4.31. The summed E-state index contributed by atoms with van der Waals surface area (Å²) < 4.78 is 0. The Hall–Kier alpha value is -2.37. The van der Waals surface area contributed by atoms with Gasteiger partial charge in [0.15, 0.2) is 5.78 Å². The normalized spacial score (nSPS) is 15.3. The van der Waals surface area contributed by atoms with Crippen molar-refractivity contribution in [3.05, 3.63) is 29.8 Å². The summed E-state index contributed by atoms with van der Waals surface area (Å²) in [7, 11) is 0. The van der Waals surface area contributed by atoms with E-state index < -0.39 is 0 Å². The van der Waals surface area contributed by atoms with Crippen molar-refractivity contribution in [2.24, 2.45) is 0 Å². The Bertz CT molecular complexity index is 561. The molecule has 2 N–H and O–H groups in total. The zero-order chi connectivity index (χ0) is 16.1. The van der Waals surface area contributed by atoms with E-state index in [-0.39, 0.29) is 23.8 Å². The number of piperidine rings is 1. The van der Waals surface area contributed by atoms with E-state index >= 15 is 0 Å². The highest BCUT2D eigenvalue weighted by molar-refractivity contribution is 5.95. The number of nitrogens with one attached hydrogen (secondary N) is 2. The van der Waals surface area contributed by atoms with Gasteiger partial charge in [0.2, 0.25) is 5.91 Å². The SMILES string of the molecule is CC(=O)NC1CCN(C(=O)Nc2ccc(C(C)=O)cc2)CC1. The molecule has 1 fully saturated rings. The van der Waals surface area contributed by atoms with Gasteiger partial charge in [-0.1, -0.05) is 0 Å². The first kappa shape index (κ1) is 16.0. The minimum atomic E-state index is -0.156. The maximum absolute atomic E-state index is 12.2. The molecule has 0 aromatic heterocycles. The van der Waals surface area contributed by atoms with Crippen molar-refractivity contribution in [1.82, 2.24) is 10.2 Å². The van der Waals surface area contributed by atoms with Crippen LogP contribution in [-0.2, 0) is 4.79 Å². The number of amides is 3. The Labute approximate surface area is 129 Å². The van der Waals surface area contributed by atoms with E-state index in [9.17, 15) is 14.4 Å². The van der Waals surface area contributed by atoms with Crippen LogP contribution in [0.1, 0.15) is 37.0 Å². The molecule has 0 unspecified atom stereocenters. The van der Waals surface area contributed by atoms with Gasteiger partial charge in [-0.05, 0) is 44.0 Å². The Morgan fingerprint density at radius 2 is 1.64 bits per heavy atom. The standard InChI is InChI=1S/C16H21N3O3/c1-11(20)13-3-5-14(6-4-13)18-16(22)19-9-7-15(8-10-19)17-12(2)21/h3-6,15H,7-10H2,1-2H3,(H,17,21)(H,18,22). The summed E-state index contributed by atoms with van der Waals surface area (Å²) in [6.45, 7) is 4.24. The number of anilines is 1. The predicted molar refractivity (Wildman–Crippen MR) is 83.9 cm³/mol. The highest BCUT2D eigenvalue weighted by Crippen LogP contribution is 2.14. The van der Waals surface area contributed by atoms with Crippen LogP contribution in [0.5, 0.6) is 0 Å². The number of carbonyl (C=O) groups excluding carboxylic acids is 3. The molecule has 3 amide bonds. The van der Waals surface area contributed by atoms with Crippen LogP contribution >= 0.6 is 0 Å². The Kier molecular flexibility index (Phi) is 5.14. The molecule has 118 valence electrons. The first-order chi connectivity index (χ1) is 10.5. The van der Waals surface area contributed by atoms with E-state index in [2.05, 4.69) is 10.6 Å². The Morgan fingerprint density at radius 3 is 2.14 bits per heavy atom. The molecule has 1 aromatic carbocycles. The molecule has 0 spiro atoms. The van der Waals surface area contributed by atoms with E-state index in [0.29, 0.717) is 24.3 Å². The maximum atomic E-state index is 12.2. The minimum absolute atomic E-state index is 0.00193. The molecule has 0 radical (unpaired) electrons. The summed E-state index contributed by atoms with van der Waals surface area (Å²) in [5, 5.41) is 5.70. The Morgan fingerprint density at radius 1 is 1.05 bits per heavy atom. The van der Waals surface area contributed by atoms with Crippen molar-refractivity contribution in [2.75, 3.05) is 18.4 Å². The van der Waals surface area contributed by atoms with Crippen LogP contribution in [0, 0.1) is 0 Å². The third-order valence-corrected chi connectivity index (χ3v) is 3.73. The number of hydrogen-bond donors (Lipinski definition) is 2. The fourth-order valence-corrected chi connectivity index (χ4v) is 2.51. The Balaban J connectivity index is 1.85. The van der Waals surface area contributed by atoms with Gasteiger partial charge in [0.1, 0.15) is 0 Å². The molecular formula is C16H21N3O3. The summed E-state index contributed by atoms with van der Waals surface area (Å²) in [5.74, 6) is -0.0358. The number of nitrogens with zero attached hydrogens (tertiary/aromatic N) is 1. The number of urea groups is 1. The lowest BCUT2D eigenvalue weighted by Gasteiger charge is -2.32.